The summed E-state index contributed by atoms with van der Waals surface area (Å²) < 4.78 is 5.14. The molecule has 7 heteroatoms. The summed E-state index contributed by atoms with van der Waals surface area (Å²) in [5, 5.41) is 14.2. The number of nitrogens with one attached hydrogen (secondary N) is 1. The lowest BCUT2D eigenvalue weighted by Crippen LogP contribution is -2.52. The molecule has 2 rings (SSSR count). The highest BCUT2D eigenvalue weighted by Gasteiger charge is 2.23. The van der Waals surface area contributed by atoms with Gasteiger partial charge in [-0.3, -0.25) is 9.69 Å². The van der Waals surface area contributed by atoms with Crippen LogP contribution in [-0.2, 0) is 9.53 Å². The highest BCUT2D eigenvalue weighted by Crippen LogP contribution is 2.22. The maximum absolute atomic E-state index is 12.0. The molecule has 2 heterocycles. The largest absolute Gasteiger partial charge is 0.383 e. The molecule has 1 aromatic rings. The second-order valence-electron chi connectivity index (χ2n) is 5.75. The molecule has 126 valence electrons. The second kappa shape index (κ2) is 8.99. The number of anilines is 1. The number of hydrogen-bond donors (Lipinski definition) is 1. The van der Waals surface area contributed by atoms with E-state index in [-0.39, 0.29) is 5.91 Å². The zero-order chi connectivity index (χ0) is 16.7. The fraction of sp³-hybridized carbons (Fsp3) is 0.625. The van der Waals surface area contributed by atoms with E-state index in [0.717, 1.165) is 39.3 Å². The van der Waals surface area contributed by atoms with Gasteiger partial charge in [0.1, 0.15) is 11.1 Å². The Morgan fingerprint density at radius 3 is 3.04 bits per heavy atom. The first-order valence-electron chi connectivity index (χ1n) is 7.86. The van der Waals surface area contributed by atoms with Gasteiger partial charge in [-0.2, -0.15) is 5.26 Å². The predicted octanol–water partition coefficient (Wildman–Crippen LogP) is 1.60. The Kier molecular flexibility index (Phi) is 6.99. The molecule has 1 aliphatic rings. The van der Waals surface area contributed by atoms with Crippen LogP contribution in [0.5, 0.6) is 0 Å². The van der Waals surface area contributed by atoms with Crippen molar-refractivity contribution in [1.82, 2.24) is 9.80 Å². The average molecular weight is 336 g/mol. The van der Waals surface area contributed by atoms with Gasteiger partial charge in [-0.05, 0) is 18.4 Å². The summed E-state index contributed by atoms with van der Waals surface area (Å²) >= 11 is 1.39. The van der Waals surface area contributed by atoms with Gasteiger partial charge in [0, 0.05) is 52.3 Å². The average Bonchev–Trinajstić information content (AvgIpc) is 2.99. The van der Waals surface area contributed by atoms with Crippen molar-refractivity contribution in [2.24, 2.45) is 0 Å². The van der Waals surface area contributed by atoms with Gasteiger partial charge in [-0.25, -0.2) is 0 Å². The van der Waals surface area contributed by atoms with Crippen molar-refractivity contribution in [2.45, 2.75) is 19.4 Å². The number of ether oxygens (including phenoxy) is 1. The van der Waals surface area contributed by atoms with Gasteiger partial charge in [0.25, 0.3) is 0 Å². The lowest BCUT2D eigenvalue weighted by molar-refractivity contribution is -0.116. The van der Waals surface area contributed by atoms with E-state index in [1.165, 1.54) is 11.3 Å². The van der Waals surface area contributed by atoms with Crippen LogP contribution in [0.4, 0.5) is 5.00 Å². The number of methoxy groups -OCH3 is 1. The van der Waals surface area contributed by atoms with Gasteiger partial charge in [0.15, 0.2) is 0 Å². The van der Waals surface area contributed by atoms with Crippen molar-refractivity contribution in [3.8, 4) is 6.07 Å². The zero-order valence-electron chi connectivity index (χ0n) is 13.7. The molecule has 1 amide bonds. The van der Waals surface area contributed by atoms with E-state index < -0.39 is 0 Å². The molecule has 1 aliphatic heterocycles. The standard InChI is InChI=1S/C16H24N4O2S/c1-13-12-19(6-7-20(13)8-9-22-2)5-3-15(21)18-16-14(11-17)4-10-23-16/h4,10,13H,3,5-9,12H2,1-2H3,(H,18,21)/t13-/m1/s1. The Labute approximate surface area is 141 Å². The highest BCUT2D eigenvalue weighted by molar-refractivity contribution is 7.14. The number of hydrogen-bond acceptors (Lipinski definition) is 6. The first-order valence-corrected chi connectivity index (χ1v) is 8.74. The number of amides is 1. The molecule has 0 aromatic carbocycles. The van der Waals surface area contributed by atoms with Crippen LogP contribution in [0.2, 0.25) is 0 Å². The van der Waals surface area contributed by atoms with Crippen molar-refractivity contribution in [1.29, 1.82) is 5.26 Å². The van der Waals surface area contributed by atoms with E-state index >= 15 is 0 Å². The van der Waals surface area contributed by atoms with E-state index in [0.29, 0.717) is 23.0 Å². The molecule has 6 nitrogen and oxygen atoms in total. The van der Waals surface area contributed by atoms with Crippen molar-refractivity contribution in [3.05, 3.63) is 17.0 Å². The molecule has 0 radical (unpaired) electrons. The number of carbonyl (C=O) groups is 1. The van der Waals surface area contributed by atoms with Crippen molar-refractivity contribution in [2.75, 3.05) is 51.8 Å². The van der Waals surface area contributed by atoms with Gasteiger partial charge >= 0.3 is 0 Å². The number of nitriles is 1. The molecule has 0 unspecified atom stereocenters. The second-order valence-corrected chi connectivity index (χ2v) is 6.67. The third kappa shape index (κ3) is 5.29. The molecule has 0 bridgehead atoms. The summed E-state index contributed by atoms with van der Waals surface area (Å²) in [5.74, 6) is -0.0292. The van der Waals surface area contributed by atoms with E-state index in [1.807, 2.05) is 5.38 Å². The number of thiophene rings is 1. The fourth-order valence-electron chi connectivity index (χ4n) is 2.76. The molecule has 1 saturated heterocycles. The maximum atomic E-state index is 12.0. The Balaban J connectivity index is 1.72. The Morgan fingerprint density at radius 2 is 2.35 bits per heavy atom. The summed E-state index contributed by atoms with van der Waals surface area (Å²) in [6, 6.07) is 4.28. The number of rotatable bonds is 7. The van der Waals surface area contributed by atoms with E-state index in [2.05, 4.69) is 28.1 Å². The first-order chi connectivity index (χ1) is 11.1. The van der Waals surface area contributed by atoms with Gasteiger partial charge in [-0.15, -0.1) is 11.3 Å². The van der Waals surface area contributed by atoms with Crippen molar-refractivity contribution >= 4 is 22.2 Å². The van der Waals surface area contributed by atoms with Crippen LogP contribution in [0.3, 0.4) is 0 Å². The molecule has 23 heavy (non-hydrogen) atoms. The van der Waals surface area contributed by atoms with Gasteiger partial charge in [0.2, 0.25) is 5.91 Å². The topological polar surface area (TPSA) is 68.6 Å². The van der Waals surface area contributed by atoms with E-state index in [1.54, 1.807) is 13.2 Å². The Bertz CT molecular complexity index is 555. The molecule has 0 saturated carbocycles. The minimum Gasteiger partial charge on any atom is -0.383 e. The van der Waals surface area contributed by atoms with Gasteiger partial charge < -0.3 is 15.0 Å². The summed E-state index contributed by atoms with van der Waals surface area (Å²) in [6.07, 6.45) is 0.452. The van der Waals surface area contributed by atoms with Gasteiger partial charge in [0.05, 0.1) is 12.2 Å². The fourth-order valence-corrected chi connectivity index (χ4v) is 3.51. The van der Waals surface area contributed by atoms with Crippen LogP contribution >= 0.6 is 11.3 Å². The molecular formula is C16H24N4O2S. The van der Waals surface area contributed by atoms with Crippen LogP contribution < -0.4 is 5.32 Å². The monoisotopic (exact) mass is 336 g/mol. The quantitative estimate of drug-likeness (QED) is 0.819. The smallest absolute Gasteiger partial charge is 0.226 e. The lowest BCUT2D eigenvalue weighted by Gasteiger charge is -2.39. The SMILES string of the molecule is COCCN1CCN(CCC(=O)Nc2sccc2C#N)C[C@H]1C. The Morgan fingerprint density at radius 1 is 1.52 bits per heavy atom. The minimum atomic E-state index is -0.0292. The maximum Gasteiger partial charge on any atom is 0.226 e. The van der Waals surface area contributed by atoms with Crippen LogP contribution in [-0.4, -0.2) is 68.2 Å². The molecule has 0 aliphatic carbocycles. The summed E-state index contributed by atoms with van der Waals surface area (Å²) in [5.41, 5.74) is 0.531. The molecule has 1 aromatic heterocycles. The summed E-state index contributed by atoms with van der Waals surface area (Å²) in [6.45, 7) is 7.64. The molecular weight excluding hydrogens is 312 g/mol. The third-order valence-corrected chi connectivity index (χ3v) is 4.96. The predicted molar refractivity (Wildman–Crippen MR) is 91.6 cm³/mol. The van der Waals surface area contributed by atoms with Crippen LogP contribution in [0.25, 0.3) is 0 Å². The Hall–Kier alpha value is -1.46. The van der Waals surface area contributed by atoms with E-state index in [9.17, 15) is 4.79 Å². The third-order valence-electron chi connectivity index (χ3n) is 4.13. The highest BCUT2D eigenvalue weighted by atomic mass is 32.1. The van der Waals surface area contributed by atoms with Crippen molar-refractivity contribution < 1.29 is 9.53 Å². The van der Waals surface area contributed by atoms with E-state index in [4.69, 9.17) is 10.00 Å². The molecule has 0 spiro atoms. The molecule has 1 atom stereocenters. The van der Waals surface area contributed by atoms with Crippen LogP contribution in [0.1, 0.15) is 18.9 Å². The summed E-state index contributed by atoms with van der Waals surface area (Å²) in [4.78, 5) is 16.8. The number of piperazine rings is 1. The molecule has 1 fully saturated rings. The number of carbonyl (C=O) groups excluding carboxylic acids is 1. The van der Waals surface area contributed by atoms with Crippen LogP contribution in [0.15, 0.2) is 11.4 Å². The molecule has 1 N–H and O–H groups in total. The minimum absolute atomic E-state index is 0.0292. The zero-order valence-corrected chi connectivity index (χ0v) is 14.6. The lowest BCUT2D eigenvalue weighted by atomic mass is 10.2. The normalized spacial score (nSPS) is 19.4. The van der Waals surface area contributed by atoms with Crippen LogP contribution in [0, 0.1) is 11.3 Å². The van der Waals surface area contributed by atoms with Crippen molar-refractivity contribution in [3.63, 3.8) is 0 Å². The first kappa shape index (κ1) is 17.9. The van der Waals surface area contributed by atoms with Gasteiger partial charge in [-0.1, -0.05) is 0 Å². The summed E-state index contributed by atoms with van der Waals surface area (Å²) in [7, 11) is 1.73. The number of nitrogens with zero attached hydrogens (tertiary/aromatic N) is 3.